The van der Waals surface area contributed by atoms with Crippen molar-refractivity contribution in [3.8, 4) is 17.6 Å². The summed E-state index contributed by atoms with van der Waals surface area (Å²) in [6.07, 6.45) is 1.22. The molecule has 0 radical (unpaired) electrons. The summed E-state index contributed by atoms with van der Waals surface area (Å²) in [4.78, 5) is 4.53. The topological polar surface area (TPSA) is 107 Å². The van der Waals surface area contributed by atoms with Crippen molar-refractivity contribution in [1.29, 1.82) is 5.26 Å². The predicted molar refractivity (Wildman–Crippen MR) is 72.3 cm³/mol. The number of aromatic nitrogens is 4. The van der Waals surface area contributed by atoms with Crippen LogP contribution in [0.2, 0.25) is 0 Å². The van der Waals surface area contributed by atoms with E-state index in [1.165, 1.54) is 0 Å². The molecule has 0 amide bonds. The first kappa shape index (κ1) is 12.2. The maximum absolute atomic E-state index is 8.67. The van der Waals surface area contributed by atoms with E-state index < -0.39 is 0 Å². The van der Waals surface area contributed by atoms with Gasteiger partial charge in [-0.2, -0.15) is 5.26 Å². The number of anilines is 1. The third kappa shape index (κ3) is 1.97. The second kappa shape index (κ2) is 5.01. The number of hydrogen-bond acceptors (Lipinski definition) is 6. The van der Waals surface area contributed by atoms with Gasteiger partial charge >= 0.3 is 0 Å². The second-order valence-corrected chi connectivity index (χ2v) is 4.34. The molecule has 0 saturated carbocycles. The largest absolute Gasteiger partial charge is 0.379 e. The van der Waals surface area contributed by atoms with Gasteiger partial charge in [-0.05, 0) is 28.9 Å². The van der Waals surface area contributed by atoms with Crippen LogP contribution in [0.15, 0.2) is 28.9 Å². The summed E-state index contributed by atoms with van der Waals surface area (Å²) in [5, 5.41) is 16.1. The fourth-order valence-corrected chi connectivity index (χ4v) is 2.15. The summed E-state index contributed by atoms with van der Waals surface area (Å²) >= 11 is 0. The van der Waals surface area contributed by atoms with Crippen LogP contribution in [0, 0.1) is 11.3 Å². The molecule has 3 aromatic rings. The molecule has 0 aliphatic heterocycles. The third-order valence-electron chi connectivity index (χ3n) is 3.05. The van der Waals surface area contributed by atoms with Gasteiger partial charge in [0.15, 0.2) is 17.3 Å². The molecule has 0 atom stereocenters. The lowest BCUT2D eigenvalue weighted by atomic mass is 10.3. The Morgan fingerprint density at radius 3 is 2.90 bits per heavy atom. The minimum absolute atomic E-state index is 0.210. The van der Waals surface area contributed by atoms with E-state index in [2.05, 4.69) is 26.0 Å². The normalized spacial score (nSPS) is 10.8. The number of nitriles is 1. The van der Waals surface area contributed by atoms with Crippen LogP contribution in [0.5, 0.6) is 0 Å². The zero-order chi connectivity index (χ0) is 13.9. The van der Waals surface area contributed by atoms with Crippen molar-refractivity contribution in [3.63, 3.8) is 0 Å². The fourth-order valence-electron chi connectivity index (χ4n) is 2.15. The first-order valence-electron chi connectivity index (χ1n) is 6.22. The maximum atomic E-state index is 8.67. The lowest BCUT2D eigenvalue weighted by Gasteiger charge is -2.05. The number of unbranched alkanes of at least 4 members (excludes halogenated alkanes) is 1. The molecule has 2 aromatic heterocycles. The molecule has 0 unspecified atom stereocenters. The summed E-state index contributed by atoms with van der Waals surface area (Å²) in [7, 11) is 0. The van der Waals surface area contributed by atoms with E-state index >= 15 is 0 Å². The summed E-state index contributed by atoms with van der Waals surface area (Å²) in [6, 6.07) is 9.90. The monoisotopic (exact) mass is 268 g/mol. The molecule has 0 aliphatic carbocycles. The molecular formula is C13H12N6O. The van der Waals surface area contributed by atoms with Crippen LogP contribution in [0.4, 0.5) is 5.82 Å². The van der Waals surface area contributed by atoms with Gasteiger partial charge in [-0.3, -0.25) is 0 Å². The number of para-hydroxylation sites is 2. The predicted octanol–water partition coefficient (Wildman–Crippen LogP) is 1.97. The minimum Gasteiger partial charge on any atom is -0.379 e. The van der Waals surface area contributed by atoms with Crippen LogP contribution < -0.4 is 5.73 Å². The number of hydrogen-bond donors (Lipinski definition) is 1. The van der Waals surface area contributed by atoms with Crippen molar-refractivity contribution >= 4 is 16.9 Å². The highest BCUT2D eigenvalue weighted by atomic mass is 16.6. The highest BCUT2D eigenvalue weighted by molar-refractivity contribution is 5.81. The minimum atomic E-state index is 0.210. The summed E-state index contributed by atoms with van der Waals surface area (Å²) in [6.45, 7) is 0.662. The van der Waals surface area contributed by atoms with Crippen molar-refractivity contribution in [2.45, 2.75) is 19.4 Å². The number of rotatable bonds is 4. The van der Waals surface area contributed by atoms with Crippen molar-refractivity contribution in [1.82, 2.24) is 19.9 Å². The molecule has 1 aromatic carbocycles. The van der Waals surface area contributed by atoms with E-state index in [9.17, 15) is 0 Å². The Morgan fingerprint density at radius 1 is 1.30 bits per heavy atom. The quantitative estimate of drug-likeness (QED) is 0.725. The molecule has 7 heteroatoms. The van der Waals surface area contributed by atoms with Crippen molar-refractivity contribution < 1.29 is 4.63 Å². The average Bonchev–Trinajstić information content (AvgIpc) is 3.03. The standard InChI is InChI=1S/C13H12N6O/c14-7-3-4-8-19-10-6-2-1-5-9(10)16-13(19)11-12(15)18-20-17-11/h1-2,5-6H,3-4,8H2,(H2,15,18). The number of nitrogens with zero attached hydrogens (tertiary/aromatic N) is 5. The molecule has 20 heavy (non-hydrogen) atoms. The summed E-state index contributed by atoms with van der Waals surface area (Å²) < 4.78 is 6.63. The van der Waals surface area contributed by atoms with Gasteiger partial charge in [0, 0.05) is 13.0 Å². The molecule has 0 spiro atoms. The maximum Gasteiger partial charge on any atom is 0.199 e. The van der Waals surface area contributed by atoms with Crippen LogP contribution >= 0.6 is 0 Å². The van der Waals surface area contributed by atoms with Crippen molar-refractivity contribution in [2.75, 3.05) is 5.73 Å². The van der Waals surface area contributed by atoms with E-state index in [1.54, 1.807) is 0 Å². The first-order valence-corrected chi connectivity index (χ1v) is 6.22. The highest BCUT2D eigenvalue weighted by Crippen LogP contribution is 2.26. The number of benzene rings is 1. The van der Waals surface area contributed by atoms with Crippen molar-refractivity contribution in [3.05, 3.63) is 24.3 Å². The van der Waals surface area contributed by atoms with Gasteiger partial charge in [0.25, 0.3) is 0 Å². The van der Waals surface area contributed by atoms with E-state index in [0.29, 0.717) is 24.5 Å². The van der Waals surface area contributed by atoms with Gasteiger partial charge < -0.3 is 10.3 Å². The molecule has 0 aliphatic rings. The number of nitrogens with two attached hydrogens (primary N) is 1. The Labute approximate surface area is 114 Å². The zero-order valence-corrected chi connectivity index (χ0v) is 10.7. The van der Waals surface area contributed by atoms with Gasteiger partial charge in [0.2, 0.25) is 0 Å². The van der Waals surface area contributed by atoms with E-state index in [-0.39, 0.29) is 5.82 Å². The number of fused-ring (bicyclic) bond motifs is 1. The lowest BCUT2D eigenvalue weighted by molar-refractivity contribution is 0.310. The van der Waals surface area contributed by atoms with E-state index in [1.807, 2.05) is 28.8 Å². The van der Waals surface area contributed by atoms with Crippen LogP contribution in [-0.2, 0) is 6.54 Å². The molecule has 0 saturated heterocycles. The summed E-state index contributed by atoms with van der Waals surface area (Å²) in [5.74, 6) is 0.824. The Kier molecular flexibility index (Phi) is 3.05. The summed E-state index contributed by atoms with van der Waals surface area (Å²) in [5.41, 5.74) is 8.00. The third-order valence-corrected chi connectivity index (χ3v) is 3.05. The number of aryl methyl sites for hydroxylation is 1. The van der Waals surface area contributed by atoms with Crippen LogP contribution in [0.1, 0.15) is 12.8 Å². The second-order valence-electron chi connectivity index (χ2n) is 4.34. The van der Waals surface area contributed by atoms with Gasteiger partial charge in [-0.25, -0.2) is 9.61 Å². The Morgan fingerprint density at radius 2 is 2.15 bits per heavy atom. The van der Waals surface area contributed by atoms with Gasteiger partial charge in [-0.1, -0.05) is 12.1 Å². The molecule has 2 heterocycles. The molecule has 7 nitrogen and oxygen atoms in total. The number of imidazole rings is 1. The smallest absolute Gasteiger partial charge is 0.199 e. The fraction of sp³-hybridized carbons (Fsp3) is 0.231. The lowest BCUT2D eigenvalue weighted by Crippen LogP contribution is -2.02. The molecule has 0 fully saturated rings. The zero-order valence-electron chi connectivity index (χ0n) is 10.7. The highest BCUT2D eigenvalue weighted by Gasteiger charge is 2.18. The van der Waals surface area contributed by atoms with Gasteiger partial charge in [0.1, 0.15) is 0 Å². The SMILES string of the molecule is N#CCCCn1c(-c2nonc2N)nc2ccccc21. The van der Waals surface area contributed by atoms with Crippen LogP contribution in [0.3, 0.4) is 0 Å². The molecule has 100 valence electrons. The van der Waals surface area contributed by atoms with Crippen molar-refractivity contribution in [2.24, 2.45) is 0 Å². The molecule has 2 N–H and O–H groups in total. The molecule has 0 bridgehead atoms. The Hall–Kier alpha value is -2.88. The molecular weight excluding hydrogens is 256 g/mol. The van der Waals surface area contributed by atoms with Gasteiger partial charge in [-0.15, -0.1) is 0 Å². The van der Waals surface area contributed by atoms with E-state index in [0.717, 1.165) is 17.5 Å². The van der Waals surface area contributed by atoms with Crippen LogP contribution in [0.25, 0.3) is 22.6 Å². The van der Waals surface area contributed by atoms with Gasteiger partial charge in [0.05, 0.1) is 17.1 Å². The first-order chi connectivity index (χ1) is 9.81. The molecule has 3 rings (SSSR count). The van der Waals surface area contributed by atoms with E-state index in [4.69, 9.17) is 11.0 Å². The Bertz CT molecular complexity index is 782. The average molecular weight is 268 g/mol. The Balaban J connectivity index is 2.13. The van der Waals surface area contributed by atoms with Crippen LogP contribution in [-0.4, -0.2) is 19.9 Å². The number of nitrogen functional groups attached to an aromatic ring is 1.